The highest BCUT2D eigenvalue weighted by molar-refractivity contribution is 5.79. The summed E-state index contributed by atoms with van der Waals surface area (Å²) in [5.41, 5.74) is 8.86. The number of carboxylic acid groups (broad SMARTS) is 1. The van der Waals surface area contributed by atoms with E-state index < -0.39 is 5.97 Å². The van der Waals surface area contributed by atoms with Crippen molar-refractivity contribution in [2.45, 2.75) is 13.3 Å². The smallest absolute Gasteiger partial charge is 0.308 e. The number of nitrogens with two attached hydrogens (primary N) is 1. The van der Waals surface area contributed by atoms with Crippen LogP contribution in [-0.4, -0.2) is 21.3 Å². The van der Waals surface area contributed by atoms with Crippen LogP contribution in [0.25, 0.3) is 11.3 Å². The van der Waals surface area contributed by atoms with E-state index in [4.69, 9.17) is 10.8 Å². The van der Waals surface area contributed by atoms with E-state index in [1.54, 1.807) is 0 Å². The number of benzene rings is 1. The first kappa shape index (κ1) is 11.2. The zero-order chi connectivity index (χ0) is 12.4. The molecular weight excluding hydrogens is 218 g/mol. The molecule has 0 aliphatic heterocycles. The minimum absolute atomic E-state index is 0.133. The van der Waals surface area contributed by atoms with Gasteiger partial charge < -0.3 is 10.8 Å². The number of nitrogen functional groups attached to an aromatic ring is 1. The lowest BCUT2D eigenvalue weighted by atomic mass is 10.0. The number of hydrogen-bond donors (Lipinski definition) is 3. The zero-order valence-electron chi connectivity index (χ0n) is 9.40. The van der Waals surface area contributed by atoms with E-state index in [0.717, 1.165) is 11.1 Å². The molecule has 88 valence electrons. The molecule has 0 radical (unpaired) electrons. The highest BCUT2D eigenvalue weighted by Gasteiger charge is 2.16. The Morgan fingerprint density at radius 2 is 2.18 bits per heavy atom. The fraction of sp³-hybridized carbons (Fsp3) is 0.167. The van der Waals surface area contributed by atoms with E-state index >= 15 is 0 Å². The lowest BCUT2D eigenvalue weighted by Crippen LogP contribution is -2.03. The molecule has 0 atom stereocenters. The number of carbonyl (C=O) groups is 1. The molecule has 0 amide bonds. The van der Waals surface area contributed by atoms with E-state index in [0.29, 0.717) is 11.3 Å². The van der Waals surface area contributed by atoms with Gasteiger partial charge in [0, 0.05) is 11.1 Å². The second-order valence-electron chi connectivity index (χ2n) is 3.85. The van der Waals surface area contributed by atoms with Gasteiger partial charge in [0.25, 0.3) is 0 Å². The van der Waals surface area contributed by atoms with Crippen molar-refractivity contribution >= 4 is 11.8 Å². The second-order valence-corrected chi connectivity index (χ2v) is 3.85. The zero-order valence-corrected chi connectivity index (χ0v) is 9.40. The maximum atomic E-state index is 10.8. The molecule has 4 N–H and O–H groups in total. The molecule has 0 fully saturated rings. The molecule has 5 heteroatoms. The van der Waals surface area contributed by atoms with Crippen LogP contribution in [-0.2, 0) is 11.2 Å². The molecule has 0 saturated heterocycles. The van der Waals surface area contributed by atoms with Crippen molar-refractivity contribution in [3.63, 3.8) is 0 Å². The van der Waals surface area contributed by atoms with Gasteiger partial charge in [-0.15, -0.1) is 0 Å². The number of nitrogens with zero attached hydrogens (tertiary/aromatic N) is 1. The van der Waals surface area contributed by atoms with Gasteiger partial charge in [0.2, 0.25) is 0 Å². The average Bonchev–Trinajstić information content (AvgIpc) is 2.61. The van der Waals surface area contributed by atoms with Gasteiger partial charge in [0.05, 0.1) is 12.1 Å². The molecule has 0 aliphatic rings. The van der Waals surface area contributed by atoms with Gasteiger partial charge in [-0.1, -0.05) is 24.3 Å². The van der Waals surface area contributed by atoms with Crippen LogP contribution in [0.3, 0.4) is 0 Å². The summed E-state index contributed by atoms with van der Waals surface area (Å²) in [6.07, 6.45) is -0.133. The monoisotopic (exact) mass is 231 g/mol. The Kier molecular flexibility index (Phi) is 2.82. The third-order valence-electron chi connectivity index (χ3n) is 2.64. The van der Waals surface area contributed by atoms with Crippen molar-refractivity contribution in [3.8, 4) is 11.3 Å². The summed E-state index contributed by atoms with van der Waals surface area (Å²) in [6, 6.07) is 7.68. The number of nitrogens with one attached hydrogen (secondary N) is 1. The lowest BCUT2D eigenvalue weighted by Gasteiger charge is -2.05. The van der Waals surface area contributed by atoms with Crippen LogP contribution < -0.4 is 5.73 Å². The fourth-order valence-electron chi connectivity index (χ4n) is 1.79. The van der Waals surface area contributed by atoms with Gasteiger partial charge in [-0.3, -0.25) is 9.89 Å². The predicted octanol–water partition coefficient (Wildman–Crippen LogP) is 1.59. The summed E-state index contributed by atoms with van der Waals surface area (Å²) in [4.78, 5) is 10.8. The maximum absolute atomic E-state index is 10.8. The van der Waals surface area contributed by atoms with Crippen molar-refractivity contribution in [1.29, 1.82) is 0 Å². The number of anilines is 1. The van der Waals surface area contributed by atoms with Crippen LogP contribution in [0.2, 0.25) is 0 Å². The average molecular weight is 231 g/mol. The quantitative estimate of drug-likeness (QED) is 0.748. The van der Waals surface area contributed by atoms with Crippen molar-refractivity contribution in [2.75, 3.05) is 5.73 Å². The number of rotatable bonds is 3. The summed E-state index contributed by atoms with van der Waals surface area (Å²) < 4.78 is 0. The third-order valence-corrected chi connectivity index (χ3v) is 2.64. The largest absolute Gasteiger partial charge is 0.481 e. The Hall–Kier alpha value is -2.30. The summed E-state index contributed by atoms with van der Waals surface area (Å²) in [7, 11) is 0. The van der Waals surface area contributed by atoms with E-state index in [9.17, 15) is 4.79 Å². The highest BCUT2D eigenvalue weighted by Crippen LogP contribution is 2.28. The second kappa shape index (κ2) is 4.29. The first-order valence-electron chi connectivity index (χ1n) is 5.20. The van der Waals surface area contributed by atoms with Gasteiger partial charge in [0.1, 0.15) is 5.82 Å². The highest BCUT2D eigenvalue weighted by atomic mass is 16.4. The van der Waals surface area contributed by atoms with Crippen LogP contribution >= 0.6 is 0 Å². The Bertz CT molecular complexity index is 561. The molecular formula is C12H13N3O2. The maximum Gasteiger partial charge on any atom is 0.308 e. The van der Waals surface area contributed by atoms with Crippen molar-refractivity contribution in [2.24, 2.45) is 0 Å². The van der Waals surface area contributed by atoms with Gasteiger partial charge >= 0.3 is 5.97 Å². The van der Waals surface area contributed by atoms with E-state index in [1.807, 2.05) is 31.2 Å². The Morgan fingerprint density at radius 1 is 1.47 bits per heavy atom. The van der Waals surface area contributed by atoms with Crippen LogP contribution in [0.15, 0.2) is 24.3 Å². The van der Waals surface area contributed by atoms with Gasteiger partial charge in [-0.05, 0) is 12.5 Å². The minimum Gasteiger partial charge on any atom is -0.481 e. The number of hydrogen-bond acceptors (Lipinski definition) is 3. The normalized spacial score (nSPS) is 10.4. The summed E-state index contributed by atoms with van der Waals surface area (Å²) >= 11 is 0. The SMILES string of the molecule is Cc1ccccc1-c1[nH]nc(N)c1CC(=O)O. The van der Waals surface area contributed by atoms with Gasteiger partial charge in [-0.2, -0.15) is 5.10 Å². The van der Waals surface area contributed by atoms with Crippen LogP contribution in [0.1, 0.15) is 11.1 Å². The molecule has 17 heavy (non-hydrogen) atoms. The molecule has 2 rings (SSSR count). The van der Waals surface area contributed by atoms with Crippen molar-refractivity contribution < 1.29 is 9.90 Å². The first-order chi connectivity index (χ1) is 8.09. The molecule has 1 aromatic carbocycles. The molecule has 0 aliphatic carbocycles. The van der Waals surface area contributed by atoms with Crippen molar-refractivity contribution in [1.82, 2.24) is 10.2 Å². The van der Waals surface area contributed by atoms with Crippen molar-refractivity contribution in [3.05, 3.63) is 35.4 Å². The van der Waals surface area contributed by atoms with E-state index in [1.165, 1.54) is 0 Å². The fourth-order valence-corrected chi connectivity index (χ4v) is 1.79. The minimum atomic E-state index is -0.923. The molecule has 1 heterocycles. The molecule has 0 saturated carbocycles. The van der Waals surface area contributed by atoms with Crippen LogP contribution in [0.5, 0.6) is 0 Å². The molecule has 0 unspecified atom stereocenters. The Labute approximate surface area is 98.3 Å². The van der Waals surface area contributed by atoms with Crippen LogP contribution in [0, 0.1) is 6.92 Å². The third kappa shape index (κ3) is 2.13. The molecule has 0 spiro atoms. The molecule has 5 nitrogen and oxygen atoms in total. The Morgan fingerprint density at radius 3 is 2.82 bits per heavy atom. The number of H-pyrrole nitrogens is 1. The van der Waals surface area contributed by atoms with Crippen LogP contribution in [0.4, 0.5) is 5.82 Å². The van der Waals surface area contributed by atoms with Gasteiger partial charge in [-0.25, -0.2) is 0 Å². The molecule has 2 aromatic rings. The van der Waals surface area contributed by atoms with Gasteiger partial charge in [0.15, 0.2) is 0 Å². The summed E-state index contributed by atoms with van der Waals surface area (Å²) in [5.74, 6) is -0.682. The Balaban J connectivity index is 2.53. The first-order valence-corrected chi connectivity index (χ1v) is 5.20. The topological polar surface area (TPSA) is 92.0 Å². The molecule has 1 aromatic heterocycles. The number of aromatic nitrogens is 2. The standard InChI is InChI=1S/C12H13N3O2/c1-7-4-2-3-5-8(7)11-9(6-10(16)17)12(13)15-14-11/h2-5H,6H2,1H3,(H,16,17)(H3,13,14,15). The molecule has 0 bridgehead atoms. The van der Waals surface area contributed by atoms with E-state index in [-0.39, 0.29) is 12.2 Å². The number of aliphatic carboxylic acids is 1. The number of aryl methyl sites for hydroxylation is 1. The summed E-state index contributed by atoms with van der Waals surface area (Å²) in [6.45, 7) is 1.96. The lowest BCUT2D eigenvalue weighted by molar-refractivity contribution is -0.136. The number of aromatic amines is 1. The van der Waals surface area contributed by atoms with E-state index in [2.05, 4.69) is 10.2 Å². The summed E-state index contributed by atoms with van der Waals surface area (Å²) in [5, 5.41) is 15.5. The predicted molar refractivity (Wildman–Crippen MR) is 64.5 cm³/mol. The number of carboxylic acids is 1.